The molecule has 1 aliphatic rings. The molecule has 0 bridgehead atoms. The van der Waals surface area contributed by atoms with Crippen LogP contribution in [0.2, 0.25) is 0 Å². The van der Waals surface area contributed by atoms with Gasteiger partial charge in [0.25, 0.3) is 5.91 Å². The number of nitrogens with zero attached hydrogens (tertiary/aromatic N) is 6. The molecule has 0 radical (unpaired) electrons. The van der Waals surface area contributed by atoms with Crippen LogP contribution in [0.25, 0.3) is 16.0 Å². The number of anilines is 3. The fourth-order valence-corrected chi connectivity index (χ4v) is 4.54. The lowest BCUT2D eigenvalue weighted by atomic mass is 9.91. The molecular weight excluding hydrogens is 428 g/mol. The van der Waals surface area contributed by atoms with E-state index in [-0.39, 0.29) is 23.6 Å². The summed E-state index contributed by atoms with van der Waals surface area (Å²) < 4.78 is 1.95. The van der Waals surface area contributed by atoms with E-state index in [0.29, 0.717) is 5.95 Å². The molecule has 1 saturated carbocycles. The van der Waals surface area contributed by atoms with E-state index < -0.39 is 5.91 Å². The molecule has 3 aromatic heterocycles. The SMILES string of the molecule is NC(=O)c1nnc(N[C@@H]2CCCC[C@@H]2N)nc1Nc1cccc2c1ccn2-c1nncs1. The van der Waals surface area contributed by atoms with E-state index in [1.54, 1.807) is 5.51 Å². The van der Waals surface area contributed by atoms with Crippen molar-refractivity contribution < 1.29 is 4.79 Å². The topological polar surface area (TPSA) is 163 Å². The molecule has 32 heavy (non-hydrogen) atoms. The smallest absolute Gasteiger partial charge is 0.273 e. The Morgan fingerprint density at radius 1 is 1.16 bits per heavy atom. The fourth-order valence-electron chi connectivity index (χ4n) is 3.99. The number of nitrogens with two attached hydrogens (primary N) is 2. The summed E-state index contributed by atoms with van der Waals surface area (Å²) in [6, 6.07) is 7.81. The number of amides is 1. The zero-order chi connectivity index (χ0) is 22.1. The molecule has 5 rings (SSSR count). The molecule has 2 atom stereocenters. The van der Waals surface area contributed by atoms with Crippen molar-refractivity contribution in [3.8, 4) is 5.13 Å². The highest BCUT2D eigenvalue weighted by Crippen LogP contribution is 2.30. The van der Waals surface area contributed by atoms with Gasteiger partial charge in [-0.15, -0.1) is 20.4 Å². The predicted octanol–water partition coefficient (Wildman–Crippen LogP) is 2.19. The summed E-state index contributed by atoms with van der Waals surface area (Å²) in [7, 11) is 0. The van der Waals surface area contributed by atoms with Crippen molar-refractivity contribution >= 4 is 45.6 Å². The summed E-state index contributed by atoms with van der Waals surface area (Å²) in [5, 5.41) is 24.3. The second kappa shape index (κ2) is 8.48. The monoisotopic (exact) mass is 450 g/mol. The van der Waals surface area contributed by atoms with Gasteiger partial charge in [0.05, 0.1) is 5.52 Å². The van der Waals surface area contributed by atoms with Crippen molar-refractivity contribution in [2.24, 2.45) is 11.5 Å². The number of carbonyl (C=O) groups excluding carboxylic acids is 1. The van der Waals surface area contributed by atoms with Gasteiger partial charge < -0.3 is 22.1 Å². The number of hydrogen-bond acceptors (Lipinski definition) is 10. The highest BCUT2D eigenvalue weighted by molar-refractivity contribution is 7.11. The van der Waals surface area contributed by atoms with Gasteiger partial charge in [-0.2, -0.15) is 4.98 Å². The van der Waals surface area contributed by atoms with E-state index in [2.05, 4.69) is 36.0 Å². The number of primary amides is 1. The summed E-state index contributed by atoms with van der Waals surface area (Å²) in [4.78, 5) is 16.5. The van der Waals surface area contributed by atoms with E-state index >= 15 is 0 Å². The number of hydrogen-bond donors (Lipinski definition) is 4. The number of fused-ring (bicyclic) bond motifs is 1. The van der Waals surface area contributed by atoms with Gasteiger partial charge in [-0.05, 0) is 31.0 Å². The van der Waals surface area contributed by atoms with Gasteiger partial charge in [0.2, 0.25) is 11.1 Å². The molecule has 1 fully saturated rings. The summed E-state index contributed by atoms with van der Waals surface area (Å²) in [6.07, 6.45) is 6.01. The first-order chi connectivity index (χ1) is 15.6. The van der Waals surface area contributed by atoms with Crippen LogP contribution in [0.1, 0.15) is 36.2 Å². The van der Waals surface area contributed by atoms with Crippen LogP contribution in [0.4, 0.5) is 17.5 Å². The first-order valence-corrected chi connectivity index (χ1v) is 11.2. The van der Waals surface area contributed by atoms with Crippen molar-refractivity contribution in [3.63, 3.8) is 0 Å². The molecule has 4 aromatic rings. The molecule has 0 saturated heterocycles. The van der Waals surface area contributed by atoms with Crippen molar-refractivity contribution in [2.45, 2.75) is 37.8 Å². The highest BCUT2D eigenvalue weighted by Gasteiger charge is 2.24. The lowest BCUT2D eigenvalue weighted by Gasteiger charge is -2.29. The largest absolute Gasteiger partial charge is 0.364 e. The Hall–Kier alpha value is -3.64. The second-order valence-corrected chi connectivity index (χ2v) is 8.48. The zero-order valence-corrected chi connectivity index (χ0v) is 17.9. The molecule has 1 amide bonds. The third kappa shape index (κ3) is 3.85. The molecular formula is C20H22N10OS. The predicted molar refractivity (Wildman–Crippen MR) is 122 cm³/mol. The molecule has 6 N–H and O–H groups in total. The van der Waals surface area contributed by atoms with Gasteiger partial charge >= 0.3 is 0 Å². The Kier molecular flexibility index (Phi) is 5.37. The van der Waals surface area contributed by atoms with Crippen molar-refractivity contribution in [1.29, 1.82) is 0 Å². The molecule has 0 spiro atoms. The van der Waals surface area contributed by atoms with Crippen LogP contribution in [0.5, 0.6) is 0 Å². The second-order valence-electron chi connectivity index (χ2n) is 7.67. The van der Waals surface area contributed by atoms with E-state index in [0.717, 1.165) is 47.4 Å². The van der Waals surface area contributed by atoms with Gasteiger partial charge in [-0.3, -0.25) is 9.36 Å². The molecule has 12 heteroatoms. The van der Waals surface area contributed by atoms with Crippen LogP contribution in [-0.4, -0.2) is 47.9 Å². The van der Waals surface area contributed by atoms with Crippen LogP contribution < -0.4 is 22.1 Å². The average Bonchev–Trinajstić information content (AvgIpc) is 3.45. The van der Waals surface area contributed by atoms with Crippen LogP contribution in [0.15, 0.2) is 36.0 Å². The van der Waals surface area contributed by atoms with E-state index in [1.807, 2.05) is 35.0 Å². The standard InChI is InChI=1S/C20H22N10OS/c21-12-4-1-2-5-14(12)25-19-26-18(16(17(22)31)27-28-19)24-13-6-3-7-15-11(13)8-9-30(15)20-29-23-10-32-20/h3,6-10,12,14H,1-2,4-5,21H2,(H2,22,31)(H2,24,25,26,28)/t12-,14+/m0/s1. The normalized spacial score (nSPS) is 18.5. The Bertz CT molecular complexity index is 1250. The lowest BCUT2D eigenvalue weighted by molar-refractivity contribution is 0.0995. The molecule has 3 heterocycles. The van der Waals surface area contributed by atoms with Crippen molar-refractivity contribution in [2.75, 3.05) is 10.6 Å². The Morgan fingerprint density at radius 2 is 2.03 bits per heavy atom. The molecule has 1 aliphatic carbocycles. The van der Waals surface area contributed by atoms with Crippen molar-refractivity contribution in [3.05, 3.63) is 41.7 Å². The minimum Gasteiger partial charge on any atom is -0.364 e. The van der Waals surface area contributed by atoms with Crippen LogP contribution in [0.3, 0.4) is 0 Å². The zero-order valence-electron chi connectivity index (χ0n) is 17.1. The maximum atomic E-state index is 12.0. The van der Waals surface area contributed by atoms with Gasteiger partial charge in [0.1, 0.15) is 5.51 Å². The van der Waals surface area contributed by atoms with E-state index in [9.17, 15) is 4.79 Å². The van der Waals surface area contributed by atoms with Crippen LogP contribution in [0, 0.1) is 0 Å². The maximum absolute atomic E-state index is 12.0. The minimum atomic E-state index is -0.716. The van der Waals surface area contributed by atoms with Gasteiger partial charge in [-0.1, -0.05) is 30.2 Å². The quantitative estimate of drug-likeness (QED) is 0.345. The van der Waals surface area contributed by atoms with Crippen molar-refractivity contribution in [1.82, 2.24) is 29.9 Å². The molecule has 0 aliphatic heterocycles. The van der Waals surface area contributed by atoms with E-state index in [4.69, 9.17) is 11.5 Å². The Labute approximate surface area is 187 Å². The third-order valence-corrected chi connectivity index (χ3v) is 6.28. The first-order valence-electron chi connectivity index (χ1n) is 10.3. The summed E-state index contributed by atoms with van der Waals surface area (Å²) >= 11 is 1.44. The Balaban J connectivity index is 1.49. The minimum absolute atomic E-state index is 0.0217. The number of benzene rings is 1. The lowest BCUT2D eigenvalue weighted by Crippen LogP contribution is -2.43. The molecule has 1 aromatic carbocycles. The van der Waals surface area contributed by atoms with Crippen LogP contribution >= 0.6 is 11.3 Å². The number of carbonyl (C=O) groups is 1. The number of nitrogens with one attached hydrogen (secondary N) is 2. The fraction of sp³-hybridized carbons (Fsp3) is 0.300. The third-order valence-electron chi connectivity index (χ3n) is 5.59. The molecule has 11 nitrogen and oxygen atoms in total. The number of aromatic nitrogens is 6. The van der Waals surface area contributed by atoms with Gasteiger partial charge in [-0.25, -0.2) is 0 Å². The summed E-state index contributed by atoms with van der Waals surface area (Å²) in [5.41, 5.74) is 15.1. The molecule has 164 valence electrons. The average molecular weight is 451 g/mol. The number of rotatable bonds is 6. The maximum Gasteiger partial charge on any atom is 0.273 e. The molecule has 0 unspecified atom stereocenters. The summed E-state index contributed by atoms with van der Waals surface area (Å²) in [5.74, 6) is -0.180. The Morgan fingerprint density at radius 3 is 2.81 bits per heavy atom. The van der Waals surface area contributed by atoms with Crippen LogP contribution in [-0.2, 0) is 0 Å². The first kappa shape index (κ1) is 20.3. The highest BCUT2D eigenvalue weighted by atomic mass is 32.1. The van der Waals surface area contributed by atoms with E-state index in [1.165, 1.54) is 11.3 Å². The summed E-state index contributed by atoms with van der Waals surface area (Å²) in [6.45, 7) is 0. The van der Waals surface area contributed by atoms with Gasteiger partial charge in [0.15, 0.2) is 11.5 Å². The van der Waals surface area contributed by atoms with Gasteiger partial charge in [0, 0.05) is 29.4 Å².